The summed E-state index contributed by atoms with van der Waals surface area (Å²) >= 11 is -6.30. The fraction of sp³-hybridized carbons (Fsp3) is 0.882. The standard InChI is InChI=1S/C34H70Ge3N2/c1-11-19-21-33-25-35(13-3,14-4)23-31(9)27-38(29-33)37(17-7,18-8)39-28-32(10)24-36(15-5,16-6)26-34(30-39)22-20-12-2/h23-24,33-34H,11-22,25-30H2,1-10H3/b31-23-,32-24-. The molecule has 2 heterocycles. The number of unbranched alkanes of at least 4 members (excludes halogenated alkanes) is 2. The Morgan fingerprint density at radius 3 is 1.28 bits per heavy atom. The fourth-order valence-corrected chi connectivity index (χ4v) is 36.9. The average molecular weight is 725 g/mol. The van der Waals surface area contributed by atoms with Gasteiger partial charge in [-0.25, -0.2) is 0 Å². The maximum absolute atomic E-state index is 3.23. The van der Waals surface area contributed by atoms with Gasteiger partial charge in [0.2, 0.25) is 0 Å². The Hall–Kier alpha value is 1.03. The van der Waals surface area contributed by atoms with Crippen LogP contribution in [0.4, 0.5) is 0 Å². The molecule has 2 nitrogen and oxygen atoms in total. The molecule has 0 saturated carbocycles. The molecule has 0 aromatic heterocycles. The summed E-state index contributed by atoms with van der Waals surface area (Å²) in [5.41, 5.74) is 3.50. The summed E-state index contributed by atoms with van der Waals surface area (Å²) in [5, 5.41) is 12.0. The van der Waals surface area contributed by atoms with Crippen LogP contribution in [0.1, 0.15) is 108 Å². The Kier molecular flexibility index (Phi) is 16.1. The number of hydrogen-bond acceptors (Lipinski definition) is 2. The molecule has 0 aromatic rings. The first-order chi connectivity index (χ1) is 18.6. The molecule has 0 saturated heterocycles. The van der Waals surface area contributed by atoms with Crippen molar-refractivity contribution in [3.8, 4) is 0 Å². The van der Waals surface area contributed by atoms with Crippen LogP contribution in [0.25, 0.3) is 0 Å². The summed E-state index contributed by atoms with van der Waals surface area (Å²) in [7, 11) is 0. The Bertz CT molecular complexity index is 704. The maximum atomic E-state index is 3.23. The van der Waals surface area contributed by atoms with Gasteiger partial charge in [-0.1, -0.05) is 0 Å². The van der Waals surface area contributed by atoms with Crippen LogP contribution in [0.5, 0.6) is 0 Å². The molecular formula is C34H70Ge3N2. The molecule has 0 aromatic carbocycles. The first-order valence-electron chi connectivity index (χ1n) is 17.5. The van der Waals surface area contributed by atoms with Crippen LogP contribution in [0, 0.1) is 11.8 Å². The van der Waals surface area contributed by atoms with Crippen LogP contribution in [-0.4, -0.2) is 74.1 Å². The first-order valence-corrected chi connectivity index (χ1v) is 33.7. The molecule has 0 N–H and O–H groups in total. The summed E-state index contributed by atoms with van der Waals surface area (Å²) < 4.78 is 6.45. The van der Waals surface area contributed by atoms with Crippen LogP contribution >= 0.6 is 0 Å². The van der Waals surface area contributed by atoms with Crippen LogP contribution in [0.3, 0.4) is 0 Å². The molecule has 39 heavy (non-hydrogen) atoms. The quantitative estimate of drug-likeness (QED) is 0.165. The van der Waals surface area contributed by atoms with Crippen LogP contribution in [-0.2, 0) is 0 Å². The number of rotatable bonds is 14. The van der Waals surface area contributed by atoms with Crippen LogP contribution in [0.15, 0.2) is 21.0 Å². The predicted octanol–water partition coefficient (Wildman–Crippen LogP) is 10.7. The van der Waals surface area contributed by atoms with Gasteiger partial charge in [-0.3, -0.25) is 0 Å². The summed E-state index contributed by atoms with van der Waals surface area (Å²) in [6.07, 6.45) is 8.51. The van der Waals surface area contributed by atoms with Crippen molar-refractivity contribution < 1.29 is 0 Å². The molecule has 0 bridgehead atoms. The average Bonchev–Trinajstić information content (AvgIpc) is 2.92. The molecular weight excluding hydrogens is 654 g/mol. The van der Waals surface area contributed by atoms with Crippen molar-refractivity contribution in [3.63, 3.8) is 0 Å². The molecule has 0 fully saturated rings. The molecule has 2 rings (SSSR count). The van der Waals surface area contributed by atoms with Gasteiger partial charge in [-0.2, -0.15) is 0 Å². The second-order valence-corrected chi connectivity index (χ2v) is 44.0. The summed E-state index contributed by atoms with van der Waals surface area (Å²) in [6.45, 7) is 30.6. The number of hydrogen-bond donors (Lipinski definition) is 0. The van der Waals surface area contributed by atoms with E-state index in [9.17, 15) is 0 Å². The van der Waals surface area contributed by atoms with Crippen molar-refractivity contribution in [1.82, 2.24) is 7.71 Å². The van der Waals surface area contributed by atoms with E-state index in [2.05, 4.69) is 86.8 Å². The van der Waals surface area contributed by atoms with Gasteiger partial charge >= 0.3 is 257 Å². The van der Waals surface area contributed by atoms with Crippen molar-refractivity contribution in [3.05, 3.63) is 21.0 Å². The molecule has 228 valence electrons. The van der Waals surface area contributed by atoms with Gasteiger partial charge in [-0.05, 0) is 0 Å². The van der Waals surface area contributed by atoms with E-state index >= 15 is 0 Å². The van der Waals surface area contributed by atoms with Gasteiger partial charge in [0.15, 0.2) is 0 Å². The van der Waals surface area contributed by atoms with E-state index in [0.29, 0.717) is 0 Å². The van der Waals surface area contributed by atoms with Gasteiger partial charge in [-0.15, -0.1) is 0 Å². The SMILES string of the molecule is CCCCC1C[N]([Ge]([CH2]C)([CH2]C)[N]2C/C(C)=[CH]\[Ge]([CH2]C)([CH2]C)[CH2]C(CCCC)C2)C/C(C)=[CH]\[Ge]([CH2]C)([CH2]C)[CH2]1. The molecule has 0 aliphatic carbocycles. The minimum atomic E-state index is -2.50. The van der Waals surface area contributed by atoms with Crippen molar-refractivity contribution >= 4 is 40.2 Å². The summed E-state index contributed by atoms with van der Waals surface area (Å²) in [4.78, 5) is 5.91. The zero-order valence-corrected chi connectivity index (χ0v) is 34.7. The third kappa shape index (κ3) is 9.51. The third-order valence-corrected chi connectivity index (χ3v) is 44.8. The normalized spacial score (nSPS) is 27.9. The third-order valence-electron chi connectivity index (χ3n) is 11.4. The fourth-order valence-electron chi connectivity index (χ4n) is 8.72. The minimum absolute atomic E-state index is 0.933. The second-order valence-electron chi connectivity index (χ2n) is 14.0. The van der Waals surface area contributed by atoms with E-state index in [1.165, 1.54) is 96.2 Å². The van der Waals surface area contributed by atoms with Crippen molar-refractivity contribution in [2.75, 3.05) is 26.2 Å². The van der Waals surface area contributed by atoms with Gasteiger partial charge in [0, 0.05) is 0 Å². The molecule has 0 radical (unpaired) electrons. The van der Waals surface area contributed by atoms with Crippen molar-refractivity contribution in [2.45, 2.75) is 150 Å². The van der Waals surface area contributed by atoms with E-state index in [0.717, 1.165) is 11.8 Å². The molecule has 2 atom stereocenters. The molecule has 0 spiro atoms. The topological polar surface area (TPSA) is 6.48 Å². The summed E-state index contributed by atoms with van der Waals surface area (Å²) in [6, 6.07) is 0. The molecule has 5 heteroatoms. The molecule has 2 aliphatic rings. The van der Waals surface area contributed by atoms with E-state index in [-0.39, 0.29) is 0 Å². The van der Waals surface area contributed by atoms with E-state index in [1.807, 2.05) is 0 Å². The van der Waals surface area contributed by atoms with Gasteiger partial charge < -0.3 is 0 Å². The van der Waals surface area contributed by atoms with E-state index < -0.39 is 40.2 Å². The second kappa shape index (κ2) is 17.4. The van der Waals surface area contributed by atoms with E-state index in [4.69, 9.17) is 0 Å². The Labute approximate surface area is 255 Å². The Balaban J connectivity index is 2.57. The van der Waals surface area contributed by atoms with Gasteiger partial charge in [0.1, 0.15) is 0 Å². The zero-order chi connectivity index (χ0) is 29.1. The van der Waals surface area contributed by atoms with Gasteiger partial charge in [0.25, 0.3) is 0 Å². The first kappa shape index (κ1) is 36.2. The van der Waals surface area contributed by atoms with Gasteiger partial charge in [0.05, 0.1) is 0 Å². The summed E-state index contributed by atoms with van der Waals surface area (Å²) in [5.74, 6) is 1.87. The Morgan fingerprint density at radius 1 is 0.641 bits per heavy atom. The zero-order valence-electron chi connectivity index (χ0n) is 28.4. The monoisotopic (exact) mass is 728 g/mol. The predicted molar refractivity (Wildman–Crippen MR) is 186 cm³/mol. The van der Waals surface area contributed by atoms with Crippen LogP contribution in [0.2, 0.25) is 42.0 Å². The molecule has 0 amide bonds. The molecule has 2 unspecified atom stereocenters. The Morgan fingerprint density at radius 2 is 1.00 bits per heavy atom. The van der Waals surface area contributed by atoms with Crippen molar-refractivity contribution in [2.24, 2.45) is 11.8 Å². The van der Waals surface area contributed by atoms with Crippen molar-refractivity contribution in [1.29, 1.82) is 0 Å². The van der Waals surface area contributed by atoms with Crippen LogP contribution < -0.4 is 0 Å². The van der Waals surface area contributed by atoms with E-state index in [1.54, 1.807) is 21.7 Å². The molecule has 2 aliphatic heterocycles. The number of nitrogens with zero attached hydrogens (tertiary/aromatic N) is 2.